The van der Waals surface area contributed by atoms with Crippen molar-refractivity contribution in [3.63, 3.8) is 0 Å². The van der Waals surface area contributed by atoms with Gasteiger partial charge in [0.15, 0.2) is 0 Å². The van der Waals surface area contributed by atoms with E-state index < -0.39 is 17.5 Å². The maximum atomic E-state index is 13.4. The Morgan fingerprint density at radius 1 is 1.18 bits per heavy atom. The van der Waals surface area contributed by atoms with Crippen molar-refractivity contribution < 1.29 is 13.6 Å². The minimum absolute atomic E-state index is 0.179. The van der Waals surface area contributed by atoms with Gasteiger partial charge in [0.25, 0.3) is 5.91 Å². The van der Waals surface area contributed by atoms with Gasteiger partial charge >= 0.3 is 0 Å². The molecule has 0 saturated carbocycles. The van der Waals surface area contributed by atoms with Crippen LogP contribution in [0.15, 0.2) is 18.2 Å². The summed E-state index contributed by atoms with van der Waals surface area (Å²) in [4.78, 5) is 13.2. The Morgan fingerprint density at radius 3 is 2.24 bits per heavy atom. The molecule has 0 heterocycles. The first-order chi connectivity index (χ1) is 8.10. The van der Waals surface area contributed by atoms with Crippen LogP contribution in [0.1, 0.15) is 10.4 Å². The first-order valence-corrected chi connectivity index (χ1v) is 6.03. The van der Waals surface area contributed by atoms with Crippen LogP contribution in [-0.4, -0.2) is 35.7 Å². The second kappa shape index (κ2) is 6.77. The number of alkyl halides is 2. The van der Waals surface area contributed by atoms with Crippen molar-refractivity contribution in [3.8, 4) is 0 Å². The maximum absolute atomic E-state index is 13.4. The van der Waals surface area contributed by atoms with E-state index in [1.54, 1.807) is 0 Å². The van der Waals surface area contributed by atoms with Gasteiger partial charge in [-0.2, -0.15) is 0 Å². The minimum Gasteiger partial charge on any atom is -0.336 e. The van der Waals surface area contributed by atoms with Crippen molar-refractivity contribution in [1.29, 1.82) is 0 Å². The highest BCUT2D eigenvalue weighted by atomic mass is 35.5. The normalized spacial score (nSPS) is 10.4. The summed E-state index contributed by atoms with van der Waals surface area (Å²) in [5, 5.41) is 0. The predicted molar refractivity (Wildman–Crippen MR) is 63.7 cm³/mol. The molecule has 0 bridgehead atoms. The number of rotatable bonds is 5. The number of amides is 1. The average molecular weight is 282 g/mol. The summed E-state index contributed by atoms with van der Waals surface area (Å²) in [7, 11) is 0. The third-order valence-electron chi connectivity index (χ3n) is 2.16. The molecule has 0 spiro atoms. The van der Waals surface area contributed by atoms with Crippen molar-refractivity contribution in [3.05, 3.63) is 35.4 Å². The number of hydrogen-bond donors (Lipinski definition) is 0. The second-order valence-electron chi connectivity index (χ2n) is 3.29. The zero-order valence-electron chi connectivity index (χ0n) is 8.93. The van der Waals surface area contributed by atoms with E-state index in [0.717, 1.165) is 12.1 Å². The molecule has 0 aromatic heterocycles. The van der Waals surface area contributed by atoms with Gasteiger partial charge in [0, 0.05) is 30.9 Å². The summed E-state index contributed by atoms with van der Waals surface area (Å²) in [5.74, 6) is -1.69. The van der Waals surface area contributed by atoms with Crippen LogP contribution in [0, 0.1) is 11.6 Å². The Balaban J connectivity index is 2.92. The van der Waals surface area contributed by atoms with Crippen molar-refractivity contribution in [2.75, 3.05) is 24.8 Å². The Bertz CT molecular complexity index is 395. The van der Waals surface area contributed by atoms with Crippen LogP contribution in [0.2, 0.25) is 0 Å². The van der Waals surface area contributed by atoms with E-state index in [2.05, 4.69) is 0 Å². The van der Waals surface area contributed by atoms with Crippen LogP contribution in [0.25, 0.3) is 0 Å². The Labute approximate surface area is 108 Å². The van der Waals surface area contributed by atoms with Gasteiger partial charge < -0.3 is 4.90 Å². The maximum Gasteiger partial charge on any atom is 0.256 e. The largest absolute Gasteiger partial charge is 0.336 e. The first kappa shape index (κ1) is 14.2. The lowest BCUT2D eigenvalue weighted by Gasteiger charge is -2.20. The standard InChI is InChI=1S/C11H11Cl2F2NO/c12-3-5-16(6-4-13)11(17)9-2-1-8(14)7-10(9)15/h1-2,7H,3-6H2. The molecule has 94 valence electrons. The lowest BCUT2D eigenvalue weighted by Crippen LogP contribution is -2.35. The fourth-order valence-corrected chi connectivity index (χ4v) is 1.76. The molecule has 1 aromatic rings. The molecule has 1 rings (SSSR count). The van der Waals surface area contributed by atoms with E-state index >= 15 is 0 Å². The van der Waals surface area contributed by atoms with Crippen LogP contribution >= 0.6 is 23.2 Å². The van der Waals surface area contributed by atoms with E-state index in [9.17, 15) is 13.6 Å². The molecule has 0 radical (unpaired) electrons. The van der Waals surface area contributed by atoms with Crippen molar-refractivity contribution in [1.82, 2.24) is 4.90 Å². The topological polar surface area (TPSA) is 20.3 Å². The fourth-order valence-electron chi connectivity index (χ4n) is 1.35. The molecule has 6 heteroatoms. The number of hydrogen-bond acceptors (Lipinski definition) is 1. The Morgan fingerprint density at radius 2 is 1.76 bits per heavy atom. The predicted octanol–water partition coefficient (Wildman–Crippen LogP) is 2.88. The number of halogens is 4. The third-order valence-corrected chi connectivity index (χ3v) is 2.50. The molecule has 17 heavy (non-hydrogen) atoms. The summed E-state index contributed by atoms with van der Waals surface area (Å²) in [6.07, 6.45) is 0. The van der Waals surface area contributed by atoms with Gasteiger partial charge in [0.2, 0.25) is 0 Å². The number of benzene rings is 1. The summed E-state index contributed by atoms with van der Waals surface area (Å²) in [6, 6.07) is 2.82. The molecule has 0 aliphatic heterocycles. The molecule has 0 N–H and O–H groups in total. The monoisotopic (exact) mass is 281 g/mol. The summed E-state index contributed by atoms with van der Waals surface area (Å²) in [5.41, 5.74) is -0.179. The zero-order chi connectivity index (χ0) is 12.8. The highest BCUT2D eigenvalue weighted by molar-refractivity contribution is 6.18. The fraction of sp³-hybridized carbons (Fsp3) is 0.364. The van der Waals surface area contributed by atoms with Crippen molar-refractivity contribution in [2.24, 2.45) is 0 Å². The Kier molecular flexibility index (Phi) is 5.65. The highest BCUT2D eigenvalue weighted by Crippen LogP contribution is 2.12. The number of nitrogens with zero attached hydrogens (tertiary/aromatic N) is 1. The van der Waals surface area contributed by atoms with E-state index in [0.29, 0.717) is 6.07 Å². The molecule has 0 aliphatic rings. The molecule has 0 unspecified atom stereocenters. The van der Waals surface area contributed by atoms with Crippen LogP contribution in [0.5, 0.6) is 0 Å². The van der Waals surface area contributed by atoms with Crippen LogP contribution in [0.3, 0.4) is 0 Å². The zero-order valence-corrected chi connectivity index (χ0v) is 10.4. The lowest BCUT2D eigenvalue weighted by atomic mass is 10.2. The van der Waals surface area contributed by atoms with Gasteiger partial charge in [-0.25, -0.2) is 8.78 Å². The third kappa shape index (κ3) is 3.82. The average Bonchev–Trinajstić information content (AvgIpc) is 2.28. The second-order valence-corrected chi connectivity index (χ2v) is 4.05. The van der Waals surface area contributed by atoms with E-state index in [1.807, 2.05) is 0 Å². The van der Waals surface area contributed by atoms with Crippen LogP contribution < -0.4 is 0 Å². The summed E-state index contributed by atoms with van der Waals surface area (Å²) < 4.78 is 26.1. The molecular weight excluding hydrogens is 271 g/mol. The van der Waals surface area contributed by atoms with E-state index in [-0.39, 0.29) is 30.4 Å². The quantitative estimate of drug-likeness (QED) is 0.760. The molecule has 0 aliphatic carbocycles. The molecule has 0 atom stereocenters. The smallest absolute Gasteiger partial charge is 0.256 e. The van der Waals surface area contributed by atoms with Crippen molar-refractivity contribution in [2.45, 2.75) is 0 Å². The molecule has 0 saturated heterocycles. The van der Waals surface area contributed by atoms with Crippen LogP contribution in [-0.2, 0) is 0 Å². The first-order valence-electron chi connectivity index (χ1n) is 4.96. The molecule has 1 aromatic carbocycles. The molecule has 0 fully saturated rings. The Hall–Kier alpha value is -0.870. The van der Waals surface area contributed by atoms with Crippen LogP contribution in [0.4, 0.5) is 8.78 Å². The molecular formula is C11H11Cl2F2NO. The van der Waals surface area contributed by atoms with Gasteiger partial charge in [0.05, 0.1) is 5.56 Å². The van der Waals surface area contributed by atoms with Gasteiger partial charge in [-0.15, -0.1) is 23.2 Å². The van der Waals surface area contributed by atoms with E-state index in [1.165, 1.54) is 4.90 Å². The lowest BCUT2D eigenvalue weighted by molar-refractivity contribution is 0.0770. The van der Waals surface area contributed by atoms with Crippen molar-refractivity contribution >= 4 is 29.1 Å². The summed E-state index contributed by atoms with van der Waals surface area (Å²) >= 11 is 11.1. The molecule has 1 amide bonds. The van der Waals surface area contributed by atoms with E-state index in [4.69, 9.17) is 23.2 Å². The summed E-state index contributed by atoms with van der Waals surface area (Å²) in [6.45, 7) is 0.536. The molecule has 2 nitrogen and oxygen atoms in total. The van der Waals surface area contributed by atoms with Gasteiger partial charge in [-0.1, -0.05) is 0 Å². The number of carbonyl (C=O) groups excluding carboxylic acids is 1. The minimum atomic E-state index is -0.885. The SMILES string of the molecule is O=C(c1ccc(F)cc1F)N(CCCl)CCCl. The highest BCUT2D eigenvalue weighted by Gasteiger charge is 2.18. The van der Waals surface area contributed by atoms with Gasteiger partial charge in [-0.3, -0.25) is 4.79 Å². The van der Waals surface area contributed by atoms with Gasteiger partial charge in [0.1, 0.15) is 11.6 Å². The van der Waals surface area contributed by atoms with Gasteiger partial charge in [-0.05, 0) is 12.1 Å². The number of carbonyl (C=O) groups is 1.